The average molecular weight is 1200 g/mol. The van der Waals surface area contributed by atoms with Crippen LogP contribution in [0.1, 0.15) is 293 Å². The van der Waals surface area contributed by atoms with Crippen LogP contribution in [0.25, 0.3) is 0 Å². The third-order valence-corrected chi connectivity index (χ3v) is 16.7. The van der Waals surface area contributed by atoms with E-state index in [-0.39, 0.29) is 25.7 Å². The molecule has 480 valence electrons. The third kappa shape index (κ3) is 54.5. The monoisotopic (exact) mass is 1200 g/mol. The normalized spacial score (nSPS) is 15.2. The predicted molar refractivity (Wildman–Crippen MR) is 321 cm³/mol. The fraction of sp³-hybridized carbons (Fsp3) is 0.935. The second kappa shape index (κ2) is 52.4. The molecule has 4 unspecified atom stereocenters. The van der Waals surface area contributed by atoms with Gasteiger partial charge in [-0.05, 0) is 49.4 Å². The molecule has 0 fully saturated rings. The number of aliphatic hydroxyl groups excluding tert-OH is 1. The van der Waals surface area contributed by atoms with Gasteiger partial charge in [0.1, 0.15) is 19.3 Å². The molecule has 0 amide bonds. The highest BCUT2D eigenvalue weighted by Gasteiger charge is 2.30. The van der Waals surface area contributed by atoms with Gasteiger partial charge in [0.05, 0.1) is 26.4 Å². The minimum Gasteiger partial charge on any atom is -0.462 e. The zero-order chi connectivity index (χ0) is 60.4. The Balaban J connectivity index is 5.26. The second-order valence-corrected chi connectivity index (χ2v) is 26.8. The number of carbonyl (C=O) groups excluding carboxylic acids is 4. The van der Waals surface area contributed by atoms with Crippen LogP contribution in [0.5, 0.6) is 0 Å². The molecular formula is C62H120O17P2. The van der Waals surface area contributed by atoms with Gasteiger partial charge in [-0.2, -0.15) is 0 Å². The van der Waals surface area contributed by atoms with Crippen molar-refractivity contribution in [3.8, 4) is 0 Å². The molecule has 3 N–H and O–H groups in total. The zero-order valence-corrected chi connectivity index (χ0v) is 54.2. The van der Waals surface area contributed by atoms with Crippen LogP contribution in [0.2, 0.25) is 0 Å². The van der Waals surface area contributed by atoms with Crippen molar-refractivity contribution in [3.63, 3.8) is 0 Å². The third-order valence-electron chi connectivity index (χ3n) is 14.8. The molecule has 17 nitrogen and oxygen atoms in total. The first-order valence-corrected chi connectivity index (χ1v) is 35.3. The number of phosphoric acid groups is 2. The van der Waals surface area contributed by atoms with E-state index in [4.69, 9.17) is 37.0 Å². The van der Waals surface area contributed by atoms with Gasteiger partial charge < -0.3 is 33.8 Å². The Kier molecular flexibility index (Phi) is 51.1. The lowest BCUT2D eigenvalue weighted by Gasteiger charge is -2.21. The molecule has 0 saturated carbocycles. The Morgan fingerprint density at radius 3 is 0.877 bits per heavy atom. The lowest BCUT2D eigenvalue weighted by atomic mass is 10.00. The highest BCUT2D eigenvalue weighted by atomic mass is 31.2. The summed E-state index contributed by atoms with van der Waals surface area (Å²) in [5.41, 5.74) is 0. The summed E-state index contributed by atoms with van der Waals surface area (Å²) < 4.78 is 67.9. The first-order valence-electron chi connectivity index (χ1n) is 32.3. The van der Waals surface area contributed by atoms with Crippen molar-refractivity contribution in [2.45, 2.75) is 311 Å². The summed E-state index contributed by atoms with van der Waals surface area (Å²) >= 11 is 0. The van der Waals surface area contributed by atoms with Crippen molar-refractivity contribution in [1.82, 2.24) is 0 Å². The number of phosphoric ester groups is 2. The van der Waals surface area contributed by atoms with Crippen LogP contribution >= 0.6 is 15.6 Å². The number of rotatable bonds is 59. The lowest BCUT2D eigenvalue weighted by molar-refractivity contribution is -0.161. The van der Waals surface area contributed by atoms with Gasteiger partial charge in [-0.25, -0.2) is 9.13 Å². The number of aliphatic hydroxyl groups is 1. The molecular weight excluding hydrogens is 1080 g/mol. The molecule has 0 heterocycles. The van der Waals surface area contributed by atoms with Crippen LogP contribution < -0.4 is 0 Å². The molecule has 0 spiro atoms. The van der Waals surface area contributed by atoms with Crippen LogP contribution in [0, 0.1) is 23.7 Å². The van der Waals surface area contributed by atoms with Gasteiger partial charge in [0.2, 0.25) is 0 Å². The van der Waals surface area contributed by atoms with Crippen molar-refractivity contribution in [1.29, 1.82) is 0 Å². The van der Waals surface area contributed by atoms with E-state index < -0.39 is 97.5 Å². The van der Waals surface area contributed by atoms with E-state index in [1.54, 1.807) is 0 Å². The highest BCUT2D eigenvalue weighted by molar-refractivity contribution is 7.47. The van der Waals surface area contributed by atoms with Crippen molar-refractivity contribution in [3.05, 3.63) is 0 Å². The molecule has 0 aromatic rings. The molecule has 0 radical (unpaired) electrons. The molecule has 0 aliphatic rings. The number of esters is 4. The molecule has 0 aromatic carbocycles. The maximum atomic E-state index is 12.9. The van der Waals surface area contributed by atoms with Crippen LogP contribution in [0.3, 0.4) is 0 Å². The Bertz CT molecular complexity index is 1630. The molecule has 81 heavy (non-hydrogen) atoms. The average Bonchev–Trinajstić information content (AvgIpc) is 3.42. The summed E-state index contributed by atoms with van der Waals surface area (Å²) in [5.74, 6) is 0.720. The quantitative estimate of drug-likeness (QED) is 0.0222. The van der Waals surface area contributed by atoms with Gasteiger partial charge in [-0.1, -0.05) is 242 Å². The maximum Gasteiger partial charge on any atom is 0.472 e. The molecule has 0 bridgehead atoms. The van der Waals surface area contributed by atoms with E-state index in [1.165, 1.54) is 83.5 Å². The molecule has 0 rings (SSSR count). The van der Waals surface area contributed by atoms with Crippen molar-refractivity contribution in [2.24, 2.45) is 23.7 Å². The summed E-state index contributed by atoms with van der Waals surface area (Å²) in [6.45, 7) is 13.9. The number of hydrogen-bond donors (Lipinski definition) is 3. The standard InChI is InChI=1S/C62H120O17P2/c1-9-54(7)40-32-24-17-20-27-35-43-60(65)73-49-58(79-62(67)45-37-29-21-18-25-33-41-55(8)10-2)51-77-81(70,71)75-47-56(63)46-74-80(68,69)76-50-57(48-72-59(64)42-34-26-19-16-23-31-39-53(5)6)78-61(66)44-36-28-15-13-11-12-14-22-30-38-52(3)4/h52-58,63H,9-51H2,1-8H3,(H,68,69)(H,70,71)/t54?,55?,56-,57-,58-/m1/s1. The Hall–Kier alpha value is -1.94. The first kappa shape index (κ1) is 79.1. The van der Waals surface area contributed by atoms with Gasteiger partial charge in [-0.3, -0.25) is 37.3 Å². The molecule has 19 heteroatoms. The van der Waals surface area contributed by atoms with E-state index in [0.717, 1.165) is 120 Å². The van der Waals surface area contributed by atoms with Crippen LogP contribution in [-0.2, 0) is 65.4 Å². The highest BCUT2D eigenvalue weighted by Crippen LogP contribution is 2.45. The van der Waals surface area contributed by atoms with E-state index in [2.05, 4.69) is 55.4 Å². The van der Waals surface area contributed by atoms with Crippen molar-refractivity contribution in [2.75, 3.05) is 39.6 Å². The molecule has 0 aliphatic carbocycles. The largest absolute Gasteiger partial charge is 0.472 e. The second-order valence-electron chi connectivity index (χ2n) is 23.9. The van der Waals surface area contributed by atoms with E-state index >= 15 is 0 Å². The SMILES string of the molecule is CCC(C)CCCCCCCCC(=O)OC[C@H](COP(=O)(O)OC[C@H](O)COP(=O)(O)OC[C@@H](COC(=O)CCCCCCCCC(C)C)OC(=O)CCCCCCCCCCCC(C)C)OC(=O)CCCCCCCCC(C)CC. The summed E-state index contributed by atoms with van der Waals surface area (Å²) in [6.07, 6.45) is 30.9. The van der Waals surface area contributed by atoms with Crippen LogP contribution in [0.15, 0.2) is 0 Å². The van der Waals surface area contributed by atoms with Crippen molar-refractivity contribution < 1.29 is 80.2 Å². The summed E-state index contributed by atoms with van der Waals surface area (Å²) in [4.78, 5) is 72.1. The number of carbonyl (C=O) groups is 4. The predicted octanol–water partition coefficient (Wildman–Crippen LogP) is 16.6. The zero-order valence-electron chi connectivity index (χ0n) is 52.4. The van der Waals surface area contributed by atoms with Gasteiger partial charge in [0.25, 0.3) is 0 Å². The van der Waals surface area contributed by atoms with Gasteiger partial charge in [0.15, 0.2) is 12.2 Å². The minimum atomic E-state index is -4.94. The molecule has 0 aliphatic heterocycles. The molecule has 7 atom stereocenters. The summed E-state index contributed by atoms with van der Waals surface area (Å²) in [5, 5.41) is 10.5. The molecule has 0 aromatic heterocycles. The number of hydrogen-bond acceptors (Lipinski definition) is 15. The topological polar surface area (TPSA) is 237 Å². The van der Waals surface area contributed by atoms with Gasteiger partial charge in [-0.15, -0.1) is 0 Å². The Labute approximate surface area is 492 Å². The van der Waals surface area contributed by atoms with Crippen LogP contribution in [0.4, 0.5) is 0 Å². The van der Waals surface area contributed by atoms with E-state index in [0.29, 0.717) is 31.6 Å². The fourth-order valence-corrected chi connectivity index (χ4v) is 10.6. The Morgan fingerprint density at radius 2 is 0.593 bits per heavy atom. The van der Waals surface area contributed by atoms with Crippen molar-refractivity contribution >= 4 is 39.5 Å². The van der Waals surface area contributed by atoms with E-state index in [9.17, 15) is 43.2 Å². The van der Waals surface area contributed by atoms with Gasteiger partial charge in [0, 0.05) is 25.7 Å². The fourth-order valence-electron chi connectivity index (χ4n) is 9.01. The smallest absolute Gasteiger partial charge is 0.462 e. The maximum absolute atomic E-state index is 12.9. The number of ether oxygens (including phenoxy) is 4. The minimum absolute atomic E-state index is 0.101. The molecule has 0 saturated heterocycles. The first-order chi connectivity index (χ1) is 38.7. The Morgan fingerprint density at radius 1 is 0.346 bits per heavy atom. The van der Waals surface area contributed by atoms with Crippen LogP contribution in [-0.4, -0.2) is 96.7 Å². The van der Waals surface area contributed by atoms with Gasteiger partial charge >= 0.3 is 39.5 Å². The number of unbranched alkanes of at least 4 members (excludes halogenated alkanes) is 23. The summed E-state index contributed by atoms with van der Waals surface area (Å²) in [6, 6.07) is 0. The lowest BCUT2D eigenvalue weighted by Crippen LogP contribution is -2.30. The summed E-state index contributed by atoms with van der Waals surface area (Å²) in [7, 11) is -9.89. The van der Waals surface area contributed by atoms with E-state index in [1.807, 2.05) is 0 Å².